The summed E-state index contributed by atoms with van der Waals surface area (Å²) >= 11 is 6.01. The van der Waals surface area contributed by atoms with Gasteiger partial charge in [0.15, 0.2) is 0 Å². The van der Waals surface area contributed by atoms with Gasteiger partial charge in [-0.2, -0.15) is 0 Å². The number of pyridine rings is 1. The molecule has 0 aliphatic carbocycles. The van der Waals surface area contributed by atoms with Gasteiger partial charge in [-0.05, 0) is 31.2 Å². The van der Waals surface area contributed by atoms with Crippen LogP contribution in [0, 0.1) is 6.92 Å². The molecule has 1 fully saturated rings. The lowest BCUT2D eigenvalue weighted by molar-refractivity contribution is -0.141. The lowest BCUT2D eigenvalue weighted by atomic mass is 10.1. The number of hydrogen-bond donors (Lipinski definition) is 2. The first kappa shape index (κ1) is 15.7. The second-order valence-electron chi connectivity index (χ2n) is 5.67. The molecular weight excluding hydrogens is 320 g/mol. The van der Waals surface area contributed by atoms with Crippen LogP contribution in [0.1, 0.15) is 22.5 Å². The third-order valence-electron chi connectivity index (χ3n) is 3.95. The van der Waals surface area contributed by atoms with Crippen molar-refractivity contribution in [3.63, 3.8) is 0 Å². The maximum atomic E-state index is 12.9. The van der Waals surface area contributed by atoms with Crippen molar-refractivity contribution in [3.05, 3.63) is 40.5 Å². The maximum Gasteiger partial charge on any atom is 0.326 e. The average molecular weight is 335 g/mol. The number of amides is 1. The zero-order valence-corrected chi connectivity index (χ0v) is 13.1. The van der Waals surface area contributed by atoms with Crippen LogP contribution in [0.5, 0.6) is 0 Å². The number of likely N-dealkylation sites (tertiary alicyclic amines) is 1. The first-order valence-electron chi connectivity index (χ1n) is 7.15. The van der Waals surface area contributed by atoms with E-state index < -0.39 is 24.0 Å². The highest BCUT2D eigenvalue weighted by molar-refractivity contribution is 6.31. The second-order valence-corrected chi connectivity index (χ2v) is 6.11. The van der Waals surface area contributed by atoms with Gasteiger partial charge < -0.3 is 15.1 Å². The zero-order chi connectivity index (χ0) is 16.7. The van der Waals surface area contributed by atoms with Crippen molar-refractivity contribution >= 4 is 34.4 Å². The molecular formula is C16H15ClN2O4. The predicted molar refractivity (Wildman–Crippen MR) is 84.6 cm³/mol. The van der Waals surface area contributed by atoms with Gasteiger partial charge in [-0.25, -0.2) is 4.79 Å². The van der Waals surface area contributed by atoms with E-state index in [2.05, 4.69) is 4.98 Å². The lowest BCUT2D eigenvalue weighted by Gasteiger charge is -2.22. The molecule has 1 aliphatic heterocycles. The zero-order valence-electron chi connectivity index (χ0n) is 12.4. The van der Waals surface area contributed by atoms with Gasteiger partial charge in [0.05, 0.1) is 17.2 Å². The Hall–Kier alpha value is -2.18. The fraction of sp³-hybridized carbons (Fsp3) is 0.312. The Morgan fingerprint density at radius 1 is 1.35 bits per heavy atom. The SMILES string of the molecule is Cc1cc(C(=O)N2C[C@H](O)C[C@H]2C(=O)O)c2cc(Cl)ccc2n1. The Bertz CT molecular complexity index is 808. The topological polar surface area (TPSA) is 90.7 Å². The summed E-state index contributed by atoms with van der Waals surface area (Å²) < 4.78 is 0. The van der Waals surface area contributed by atoms with E-state index in [9.17, 15) is 19.8 Å². The smallest absolute Gasteiger partial charge is 0.326 e. The van der Waals surface area contributed by atoms with Gasteiger partial charge in [-0.1, -0.05) is 11.6 Å². The molecule has 1 amide bonds. The highest BCUT2D eigenvalue weighted by Gasteiger charge is 2.39. The number of benzene rings is 1. The van der Waals surface area contributed by atoms with Gasteiger partial charge in [0.2, 0.25) is 0 Å². The fourth-order valence-electron chi connectivity index (χ4n) is 2.93. The summed E-state index contributed by atoms with van der Waals surface area (Å²) in [5.74, 6) is -1.56. The highest BCUT2D eigenvalue weighted by atomic mass is 35.5. The normalized spacial score (nSPS) is 20.9. The number of aliphatic carboxylic acids is 1. The van der Waals surface area contributed by atoms with E-state index in [-0.39, 0.29) is 13.0 Å². The molecule has 23 heavy (non-hydrogen) atoms. The molecule has 2 N–H and O–H groups in total. The van der Waals surface area contributed by atoms with Crippen LogP contribution in [0.15, 0.2) is 24.3 Å². The largest absolute Gasteiger partial charge is 0.480 e. The predicted octanol–water partition coefficient (Wildman–Crippen LogP) is 1.86. The minimum atomic E-state index is -1.12. The number of hydrogen-bond acceptors (Lipinski definition) is 4. The van der Waals surface area contributed by atoms with Crippen LogP contribution in [0.2, 0.25) is 5.02 Å². The molecule has 120 valence electrons. The van der Waals surface area contributed by atoms with Crippen molar-refractivity contribution in [1.82, 2.24) is 9.88 Å². The summed E-state index contributed by atoms with van der Waals surface area (Å²) in [6.45, 7) is 1.76. The van der Waals surface area contributed by atoms with E-state index in [1.165, 1.54) is 4.90 Å². The summed E-state index contributed by atoms with van der Waals surface area (Å²) in [5.41, 5.74) is 1.61. The van der Waals surface area contributed by atoms with Crippen LogP contribution >= 0.6 is 11.6 Å². The summed E-state index contributed by atoms with van der Waals surface area (Å²) in [6.07, 6.45) is -0.804. The molecule has 0 saturated carbocycles. The molecule has 0 spiro atoms. The Morgan fingerprint density at radius 3 is 2.78 bits per heavy atom. The monoisotopic (exact) mass is 334 g/mol. The third-order valence-corrected chi connectivity index (χ3v) is 4.19. The number of carboxylic acid groups (broad SMARTS) is 1. The van der Waals surface area contributed by atoms with Crippen molar-refractivity contribution in [3.8, 4) is 0 Å². The number of aliphatic hydroxyl groups is 1. The summed E-state index contributed by atoms with van der Waals surface area (Å²) in [7, 11) is 0. The first-order chi connectivity index (χ1) is 10.9. The second kappa shape index (κ2) is 5.79. The van der Waals surface area contributed by atoms with Crippen LogP contribution < -0.4 is 0 Å². The fourth-order valence-corrected chi connectivity index (χ4v) is 3.11. The van der Waals surface area contributed by atoms with Crippen LogP contribution in [0.4, 0.5) is 0 Å². The molecule has 1 aliphatic rings. The standard InChI is InChI=1S/C16H15ClN2O4/c1-8-4-12(11-5-9(17)2-3-13(11)18-8)15(21)19-7-10(20)6-14(19)16(22)23/h2-5,10,14,20H,6-7H2,1H3,(H,22,23)/t10-,14+/m1/s1. The molecule has 0 bridgehead atoms. The number of carbonyl (C=O) groups is 2. The average Bonchev–Trinajstić information content (AvgIpc) is 2.88. The lowest BCUT2D eigenvalue weighted by Crippen LogP contribution is -2.40. The van der Waals surface area contributed by atoms with Gasteiger partial charge in [0, 0.05) is 29.1 Å². The minimum absolute atomic E-state index is 0.000764. The first-order valence-corrected chi connectivity index (χ1v) is 7.53. The van der Waals surface area contributed by atoms with Crippen LogP contribution in [-0.4, -0.2) is 50.7 Å². The Kier molecular flexibility index (Phi) is 3.95. The van der Waals surface area contributed by atoms with Gasteiger partial charge in [0.25, 0.3) is 5.91 Å². The summed E-state index contributed by atoms with van der Waals surface area (Å²) in [5, 5.41) is 20.0. The van der Waals surface area contributed by atoms with Crippen molar-refractivity contribution in [2.75, 3.05) is 6.54 Å². The van der Waals surface area contributed by atoms with E-state index in [0.29, 0.717) is 27.2 Å². The van der Waals surface area contributed by atoms with E-state index >= 15 is 0 Å². The molecule has 1 aromatic heterocycles. The van der Waals surface area contributed by atoms with Crippen molar-refractivity contribution in [2.45, 2.75) is 25.5 Å². The molecule has 7 heteroatoms. The molecule has 3 rings (SSSR count). The van der Waals surface area contributed by atoms with E-state index in [0.717, 1.165) is 0 Å². The number of rotatable bonds is 2. The van der Waals surface area contributed by atoms with E-state index in [1.54, 1.807) is 31.2 Å². The molecule has 2 atom stereocenters. The van der Waals surface area contributed by atoms with Gasteiger partial charge >= 0.3 is 5.97 Å². The summed E-state index contributed by atoms with van der Waals surface area (Å²) in [6, 6.07) is 5.63. The Balaban J connectivity index is 2.10. The van der Waals surface area contributed by atoms with Gasteiger partial charge in [0.1, 0.15) is 6.04 Å². The number of carbonyl (C=O) groups excluding carboxylic acids is 1. The molecule has 1 aromatic carbocycles. The van der Waals surface area contributed by atoms with E-state index in [1.807, 2.05) is 0 Å². The number of aryl methyl sites for hydroxylation is 1. The minimum Gasteiger partial charge on any atom is -0.480 e. The third kappa shape index (κ3) is 2.87. The maximum absolute atomic E-state index is 12.9. The molecule has 0 unspecified atom stereocenters. The summed E-state index contributed by atoms with van der Waals surface area (Å²) in [4.78, 5) is 29.8. The van der Waals surface area contributed by atoms with Gasteiger partial charge in [-0.3, -0.25) is 9.78 Å². The molecule has 2 heterocycles. The van der Waals surface area contributed by atoms with Crippen molar-refractivity contribution in [1.29, 1.82) is 0 Å². The number of nitrogens with zero attached hydrogens (tertiary/aromatic N) is 2. The number of carboxylic acids is 1. The van der Waals surface area contributed by atoms with Crippen molar-refractivity contribution in [2.24, 2.45) is 0 Å². The van der Waals surface area contributed by atoms with Crippen LogP contribution in [0.25, 0.3) is 10.9 Å². The number of aliphatic hydroxyl groups excluding tert-OH is 1. The van der Waals surface area contributed by atoms with Gasteiger partial charge in [-0.15, -0.1) is 0 Å². The van der Waals surface area contributed by atoms with E-state index in [4.69, 9.17) is 11.6 Å². The number of halogens is 1. The van der Waals surface area contributed by atoms with Crippen LogP contribution in [-0.2, 0) is 4.79 Å². The number of fused-ring (bicyclic) bond motifs is 1. The van der Waals surface area contributed by atoms with Crippen LogP contribution in [0.3, 0.4) is 0 Å². The number of β-amino-alcohol motifs (C(OH)–C–C–N with tert-alkyl or cyclic N) is 1. The molecule has 1 saturated heterocycles. The van der Waals surface area contributed by atoms with Crippen molar-refractivity contribution < 1.29 is 19.8 Å². The quantitative estimate of drug-likeness (QED) is 0.874. The molecule has 6 nitrogen and oxygen atoms in total. The Labute approximate surface area is 137 Å². The Morgan fingerprint density at radius 2 is 2.09 bits per heavy atom. The number of aromatic nitrogens is 1. The molecule has 2 aromatic rings. The molecule has 0 radical (unpaired) electrons. The highest BCUT2D eigenvalue weighted by Crippen LogP contribution is 2.27.